The van der Waals surface area contributed by atoms with Crippen molar-refractivity contribution in [1.82, 2.24) is 4.90 Å². The molecule has 2 heterocycles. The maximum atomic E-state index is 12.9. The molecule has 1 atom stereocenters. The number of hydrogen-bond acceptors (Lipinski definition) is 5. The number of benzene rings is 2. The number of carbonyl (C=O) groups is 1. The summed E-state index contributed by atoms with van der Waals surface area (Å²) in [5, 5.41) is 11.0. The van der Waals surface area contributed by atoms with E-state index in [9.17, 15) is 9.90 Å². The molecule has 0 radical (unpaired) electrons. The van der Waals surface area contributed by atoms with Gasteiger partial charge in [-0.1, -0.05) is 6.07 Å². The molecule has 2 aromatic carbocycles. The van der Waals surface area contributed by atoms with E-state index in [0.717, 1.165) is 17.7 Å². The first-order valence-corrected chi connectivity index (χ1v) is 9.55. The number of ether oxygens (including phenoxy) is 3. The topological polar surface area (TPSA) is 68.2 Å². The molecule has 2 aliphatic rings. The molecule has 4 rings (SSSR count). The van der Waals surface area contributed by atoms with Gasteiger partial charge in [-0.3, -0.25) is 4.79 Å². The number of fused-ring (bicyclic) bond motifs is 1. The van der Waals surface area contributed by atoms with Crippen LogP contribution in [0.2, 0.25) is 0 Å². The van der Waals surface area contributed by atoms with Gasteiger partial charge in [-0.2, -0.15) is 0 Å². The highest BCUT2D eigenvalue weighted by Gasteiger charge is 2.36. The molecule has 1 saturated heterocycles. The lowest BCUT2D eigenvalue weighted by Crippen LogP contribution is -2.53. The van der Waals surface area contributed by atoms with Gasteiger partial charge in [0.1, 0.15) is 18.0 Å². The van der Waals surface area contributed by atoms with Gasteiger partial charge in [-0.05, 0) is 68.1 Å². The van der Waals surface area contributed by atoms with Gasteiger partial charge in [0.2, 0.25) is 6.79 Å². The van der Waals surface area contributed by atoms with Gasteiger partial charge in [-0.15, -0.1) is 0 Å². The van der Waals surface area contributed by atoms with Crippen LogP contribution in [-0.4, -0.2) is 48.0 Å². The Labute approximate surface area is 164 Å². The Balaban J connectivity index is 1.42. The number of rotatable bonds is 4. The van der Waals surface area contributed by atoms with Gasteiger partial charge in [0.05, 0.1) is 6.54 Å². The molecule has 1 unspecified atom stereocenters. The molecule has 0 aromatic heterocycles. The van der Waals surface area contributed by atoms with Crippen molar-refractivity contribution in [1.29, 1.82) is 0 Å². The van der Waals surface area contributed by atoms with Gasteiger partial charge >= 0.3 is 0 Å². The van der Waals surface area contributed by atoms with Crippen LogP contribution in [0.25, 0.3) is 0 Å². The zero-order valence-electron chi connectivity index (χ0n) is 16.2. The molecule has 1 N–H and O–H groups in total. The van der Waals surface area contributed by atoms with Crippen LogP contribution in [-0.2, 0) is 0 Å². The number of β-amino-alcohol motifs (C(OH)–C–C–N with tert-alkyl or cyclic N) is 1. The number of likely N-dealkylation sites (tertiary alicyclic amines) is 1. The van der Waals surface area contributed by atoms with Gasteiger partial charge in [0.15, 0.2) is 11.5 Å². The normalized spacial score (nSPS) is 20.9. The van der Waals surface area contributed by atoms with E-state index >= 15 is 0 Å². The number of carbonyl (C=O) groups excluding carboxylic acids is 1. The molecule has 2 aliphatic heterocycles. The Morgan fingerprint density at radius 2 is 1.96 bits per heavy atom. The summed E-state index contributed by atoms with van der Waals surface area (Å²) >= 11 is 0. The number of aryl methyl sites for hydroxylation is 2. The second-order valence-electron chi connectivity index (χ2n) is 7.66. The van der Waals surface area contributed by atoms with Gasteiger partial charge in [-0.25, -0.2) is 0 Å². The highest BCUT2D eigenvalue weighted by atomic mass is 16.7. The van der Waals surface area contributed by atoms with Crippen molar-refractivity contribution in [2.75, 3.05) is 26.5 Å². The van der Waals surface area contributed by atoms with Crippen LogP contribution in [0.4, 0.5) is 0 Å². The molecule has 28 heavy (non-hydrogen) atoms. The van der Waals surface area contributed by atoms with Crippen molar-refractivity contribution in [3.63, 3.8) is 0 Å². The Kier molecular flexibility index (Phi) is 4.89. The minimum Gasteiger partial charge on any atom is -0.491 e. The van der Waals surface area contributed by atoms with E-state index < -0.39 is 5.60 Å². The summed E-state index contributed by atoms with van der Waals surface area (Å²) in [6.07, 6.45) is 1.33. The van der Waals surface area contributed by atoms with Crippen LogP contribution >= 0.6 is 0 Å². The van der Waals surface area contributed by atoms with E-state index in [1.165, 1.54) is 5.56 Å². The lowest BCUT2D eigenvalue weighted by atomic mass is 9.93. The predicted molar refractivity (Wildman–Crippen MR) is 104 cm³/mol. The summed E-state index contributed by atoms with van der Waals surface area (Å²) in [7, 11) is 0. The van der Waals surface area contributed by atoms with E-state index in [1.807, 2.05) is 32.0 Å². The maximum absolute atomic E-state index is 12.9. The number of amides is 1. The summed E-state index contributed by atoms with van der Waals surface area (Å²) in [5.74, 6) is 1.84. The van der Waals surface area contributed by atoms with Crippen LogP contribution in [0, 0.1) is 13.8 Å². The number of hydrogen-bond donors (Lipinski definition) is 1. The third-order valence-corrected chi connectivity index (χ3v) is 5.45. The average molecular weight is 383 g/mol. The minimum absolute atomic E-state index is 0.123. The summed E-state index contributed by atoms with van der Waals surface area (Å²) in [6.45, 7) is 5.26. The summed E-state index contributed by atoms with van der Waals surface area (Å²) in [5.41, 5.74) is 1.81. The molecule has 148 valence electrons. The second kappa shape index (κ2) is 7.36. The summed E-state index contributed by atoms with van der Waals surface area (Å²) in [6, 6.07) is 11.1. The molecular formula is C22H25NO5. The Morgan fingerprint density at radius 3 is 2.79 bits per heavy atom. The van der Waals surface area contributed by atoms with E-state index in [2.05, 4.69) is 0 Å². The van der Waals surface area contributed by atoms with Crippen molar-refractivity contribution >= 4 is 5.91 Å². The van der Waals surface area contributed by atoms with Crippen molar-refractivity contribution in [2.24, 2.45) is 0 Å². The fraction of sp³-hybridized carbons (Fsp3) is 0.409. The fourth-order valence-electron chi connectivity index (χ4n) is 3.64. The van der Waals surface area contributed by atoms with Crippen molar-refractivity contribution in [3.8, 4) is 17.2 Å². The highest BCUT2D eigenvalue weighted by Crippen LogP contribution is 2.33. The van der Waals surface area contributed by atoms with E-state index in [4.69, 9.17) is 14.2 Å². The third-order valence-electron chi connectivity index (χ3n) is 5.45. The Morgan fingerprint density at radius 1 is 1.14 bits per heavy atom. The van der Waals surface area contributed by atoms with Crippen LogP contribution in [0.15, 0.2) is 36.4 Å². The molecule has 1 amide bonds. The largest absolute Gasteiger partial charge is 0.491 e. The smallest absolute Gasteiger partial charge is 0.254 e. The summed E-state index contributed by atoms with van der Waals surface area (Å²) < 4.78 is 16.5. The van der Waals surface area contributed by atoms with Crippen LogP contribution < -0.4 is 14.2 Å². The number of aliphatic hydroxyl groups is 1. The lowest BCUT2D eigenvalue weighted by molar-refractivity contribution is -0.0532. The molecule has 0 saturated carbocycles. The first-order chi connectivity index (χ1) is 13.4. The first-order valence-electron chi connectivity index (χ1n) is 9.55. The zero-order valence-corrected chi connectivity index (χ0v) is 16.2. The Hall–Kier alpha value is -2.73. The highest BCUT2D eigenvalue weighted by molar-refractivity contribution is 5.95. The molecule has 2 aromatic rings. The van der Waals surface area contributed by atoms with Gasteiger partial charge in [0.25, 0.3) is 5.91 Å². The van der Waals surface area contributed by atoms with Crippen molar-refractivity contribution in [2.45, 2.75) is 32.3 Å². The quantitative estimate of drug-likeness (QED) is 0.879. The third kappa shape index (κ3) is 3.78. The molecule has 1 fully saturated rings. The zero-order chi connectivity index (χ0) is 19.7. The van der Waals surface area contributed by atoms with E-state index in [0.29, 0.717) is 30.0 Å². The molecule has 0 spiro atoms. The maximum Gasteiger partial charge on any atom is 0.254 e. The van der Waals surface area contributed by atoms with Crippen molar-refractivity contribution < 1.29 is 24.1 Å². The molecular weight excluding hydrogens is 358 g/mol. The molecule has 6 heteroatoms. The molecule has 0 aliphatic carbocycles. The molecule has 6 nitrogen and oxygen atoms in total. The second-order valence-corrected chi connectivity index (χ2v) is 7.66. The van der Waals surface area contributed by atoms with Crippen LogP contribution in [0.5, 0.6) is 17.2 Å². The summed E-state index contributed by atoms with van der Waals surface area (Å²) in [4.78, 5) is 14.6. The Bertz CT molecular complexity index is 896. The van der Waals surface area contributed by atoms with Gasteiger partial charge in [0, 0.05) is 12.1 Å². The molecule has 0 bridgehead atoms. The standard InChI is InChI=1S/C22H25NO5/c1-15-4-6-18(10-16(15)2)26-13-22(25)8-3-9-23(12-22)21(24)17-5-7-19-20(11-17)28-14-27-19/h4-7,10-11,25H,3,8-9,12-14H2,1-2H3. The SMILES string of the molecule is Cc1ccc(OCC2(O)CCCN(C(=O)c3ccc4c(c3)OCO4)C2)cc1C. The minimum atomic E-state index is -1.07. The monoisotopic (exact) mass is 383 g/mol. The number of nitrogens with zero attached hydrogens (tertiary/aromatic N) is 1. The van der Waals surface area contributed by atoms with E-state index in [1.54, 1.807) is 23.1 Å². The van der Waals surface area contributed by atoms with Gasteiger partial charge < -0.3 is 24.2 Å². The van der Waals surface area contributed by atoms with E-state index in [-0.39, 0.29) is 25.9 Å². The van der Waals surface area contributed by atoms with Crippen molar-refractivity contribution in [3.05, 3.63) is 53.1 Å². The van der Waals surface area contributed by atoms with Crippen LogP contribution in [0.3, 0.4) is 0 Å². The number of piperidine rings is 1. The lowest BCUT2D eigenvalue weighted by Gasteiger charge is -2.39. The predicted octanol–water partition coefficient (Wildman–Crippen LogP) is 3.08. The van der Waals surface area contributed by atoms with Crippen LogP contribution in [0.1, 0.15) is 34.3 Å². The average Bonchev–Trinajstić information content (AvgIpc) is 3.16. The fourth-order valence-corrected chi connectivity index (χ4v) is 3.64. The first kappa shape index (κ1) is 18.6.